The molecule has 4 heteroatoms. The van der Waals surface area contributed by atoms with Gasteiger partial charge in [0.2, 0.25) is 0 Å². The molecule has 1 rings (SSSR count). The molecule has 0 saturated carbocycles. The molecule has 0 amide bonds. The molecule has 0 fully saturated rings. The van der Waals surface area contributed by atoms with E-state index < -0.39 is 11.7 Å². The van der Waals surface area contributed by atoms with E-state index in [1.54, 1.807) is 0 Å². The van der Waals surface area contributed by atoms with Crippen molar-refractivity contribution < 1.29 is 18.0 Å². The zero-order valence-electron chi connectivity index (χ0n) is 7.84. The highest BCUT2D eigenvalue weighted by molar-refractivity contribution is 5.75. The molecule has 1 nitrogen and oxygen atoms in total. The number of aldehydes is 1. The number of benzene rings is 1. The lowest BCUT2D eigenvalue weighted by molar-refractivity contribution is -0.137. The zero-order chi connectivity index (χ0) is 11.5. The maximum Gasteiger partial charge on any atom is 0.416 e. The van der Waals surface area contributed by atoms with Crippen LogP contribution in [0, 0.1) is 0 Å². The Morgan fingerprint density at radius 3 is 2.20 bits per heavy atom. The van der Waals surface area contributed by atoms with E-state index in [1.807, 2.05) is 0 Å². The predicted octanol–water partition coefficient (Wildman–Crippen LogP) is 3.31. The quantitative estimate of drug-likeness (QED) is 0.705. The average Bonchev–Trinajstić information content (AvgIpc) is 2.17. The van der Waals surface area contributed by atoms with Crippen molar-refractivity contribution in [3.63, 3.8) is 0 Å². The van der Waals surface area contributed by atoms with Crippen LogP contribution in [0.3, 0.4) is 0 Å². The van der Waals surface area contributed by atoms with E-state index in [1.165, 1.54) is 12.1 Å². The van der Waals surface area contributed by atoms with Gasteiger partial charge in [-0.2, -0.15) is 13.2 Å². The van der Waals surface area contributed by atoms with Crippen LogP contribution in [0.4, 0.5) is 13.2 Å². The van der Waals surface area contributed by atoms with Crippen molar-refractivity contribution in [1.29, 1.82) is 0 Å². The summed E-state index contributed by atoms with van der Waals surface area (Å²) >= 11 is 0. The SMILES string of the molecule is C=C(CC=O)c1ccc(C(F)(F)F)cc1. The van der Waals surface area contributed by atoms with Gasteiger partial charge in [-0.3, -0.25) is 0 Å². The van der Waals surface area contributed by atoms with E-state index in [-0.39, 0.29) is 6.42 Å². The van der Waals surface area contributed by atoms with Crippen LogP contribution in [0.25, 0.3) is 5.57 Å². The molecule has 0 aliphatic carbocycles. The van der Waals surface area contributed by atoms with E-state index in [0.717, 1.165) is 12.1 Å². The first-order valence-corrected chi connectivity index (χ1v) is 4.24. The number of rotatable bonds is 3. The van der Waals surface area contributed by atoms with Gasteiger partial charge in [0, 0.05) is 6.42 Å². The summed E-state index contributed by atoms with van der Waals surface area (Å²) in [6, 6.07) is 4.58. The summed E-state index contributed by atoms with van der Waals surface area (Å²) in [6.45, 7) is 3.59. The number of halogens is 3. The number of carbonyl (C=O) groups is 1. The lowest BCUT2D eigenvalue weighted by atomic mass is 10.0. The van der Waals surface area contributed by atoms with Crippen LogP contribution in [0.5, 0.6) is 0 Å². The molecule has 0 radical (unpaired) electrons. The summed E-state index contributed by atoms with van der Waals surface area (Å²) in [7, 11) is 0. The number of allylic oxidation sites excluding steroid dienone is 1. The summed E-state index contributed by atoms with van der Waals surface area (Å²) < 4.78 is 36.6. The van der Waals surface area contributed by atoms with Crippen LogP contribution >= 0.6 is 0 Å². The van der Waals surface area contributed by atoms with Gasteiger partial charge in [0.15, 0.2) is 0 Å². The van der Waals surface area contributed by atoms with Crippen LogP contribution in [-0.2, 0) is 11.0 Å². The van der Waals surface area contributed by atoms with Crippen LogP contribution in [0.1, 0.15) is 17.5 Å². The molecule has 0 spiro atoms. The number of hydrogen-bond donors (Lipinski definition) is 0. The zero-order valence-corrected chi connectivity index (χ0v) is 7.84. The molecule has 1 aromatic carbocycles. The van der Waals surface area contributed by atoms with Gasteiger partial charge < -0.3 is 4.79 Å². The fourth-order valence-corrected chi connectivity index (χ4v) is 1.11. The third-order valence-electron chi connectivity index (χ3n) is 1.95. The first kappa shape index (κ1) is 11.5. The highest BCUT2D eigenvalue weighted by Crippen LogP contribution is 2.30. The second-order valence-corrected chi connectivity index (χ2v) is 3.05. The Labute approximate surface area is 85.2 Å². The fourth-order valence-electron chi connectivity index (χ4n) is 1.11. The monoisotopic (exact) mass is 214 g/mol. The predicted molar refractivity (Wildman–Crippen MR) is 51.2 cm³/mol. The van der Waals surface area contributed by atoms with Gasteiger partial charge in [0.1, 0.15) is 6.29 Å². The first-order valence-electron chi connectivity index (χ1n) is 4.24. The van der Waals surface area contributed by atoms with Crippen molar-refractivity contribution in [1.82, 2.24) is 0 Å². The maximum atomic E-state index is 12.2. The van der Waals surface area contributed by atoms with E-state index in [4.69, 9.17) is 0 Å². The molecule has 0 N–H and O–H groups in total. The molecule has 0 bridgehead atoms. The van der Waals surface area contributed by atoms with E-state index in [0.29, 0.717) is 17.4 Å². The normalized spacial score (nSPS) is 11.1. The largest absolute Gasteiger partial charge is 0.416 e. The van der Waals surface area contributed by atoms with Gasteiger partial charge in [0.05, 0.1) is 5.56 Å². The van der Waals surface area contributed by atoms with Gasteiger partial charge in [-0.1, -0.05) is 18.7 Å². The second-order valence-electron chi connectivity index (χ2n) is 3.05. The Bertz CT molecular complexity index is 362. The highest BCUT2D eigenvalue weighted by atomic mass is 19.4. The Balaban J connectivity index is 2.90. The molecule has 0 unspecified atom stereocenters. The van der Waals surface area contributed by atoms with Crippen LogP contribution < -0.4 is 0 Å². The van der Waals surface area contributed by atoms with Crippen molar-refractivity contribution in [3.05, 3.63) is 42.0 Å². The second kappa shape index (κ2) is 4.29. The lowest BCUT2D eigenvalue weighted by Crippen LogP contribution is -2.04. The molecule has 15 heavy (non-hydrogen) atoms. The minimum atomic E-state index is -4.33. The van der Waals surface area contributed by atoms with Crippen molar-refractivity contribution >= 4 is 11.9 Å². The standard InChI is InChI=1S/C11H9F3O/c1-8(6-7-15)9-2-4-10(5-3-9)11(12,13)14/h2-5,7H,1,6H2. The Hall–Kier alpha value is -1.58. The third-order valence-corrected chi connectivity index (χ3v) is 1.95. The molecular weight excluding hydrogens is 205 g/mol. The number of carbonyl (C=O) groups excluding carboxylic acids is 1. The summed E-state index contributed by atoms with van der Waals surface area (Å²) in [6.07, 6.45) is -3.53. The molecule has 0 aliphatic rings. The van der Waals surface area contributed by atoms with Crippen molar-refractivity contribution in [2.45, 2.75) is 12.6 Å². The lowest BCUT2D eigenvalue weighted by Gasteiger charge is -2.07. The first-order chi connectivity index (χ1) is 6.95. The average molecular weight is 214 g/mol. The molecule has 0 saturated heterocycles. The van der Waals surface area contributed by atoms with Crippen molar-refractivity contribution in [2.75, 3.05) is 0 Å². The molecule has 0 aliphatic heterocycles. The maximum absolute atomic E-state index is 12.2. The Morgan fingerprint density at radius 2 is 1.80 bits per heavy atom. The molecule has 0 aromatic heterocycles. The van der Waals surface area contributed by atoms with E-state index in [9.17, 15) is 18.0 Å². The number of alkyl halides is 3. The van der Waals surface area contributed by atoms with Gasteiger partial charge >= 0.3 is 6.18 Å². The molecule has 80 valence electrons. The smallest absolute Gasteiger partial charge is 0.303 e. The Kier molecular flexibility index (Phi) is 3.29. The van der Waals surface area contributed by atoms with Crippen LogP contribution in [0.15, 0.2) is 30.8 Å². The molecule has 1 aromatic rings. The third kappa shape index (κ3) is 2.94. The highest BCUT2D eigenvalue weighted by Gasteiger charge is 2.29. The molecular formula is C11H9F3O. The van der Waals surface area contributed by atoms with Gasteiger partial charge in [0.25, 0.3) is 0 Å². The van der Waals surface area contributed by atoms with E-state index >= 15 is 0 Å². The number of hydrogen-bond acceptors (Lipinski definition) is 1. The summed E-state index contributed by atoms with van der Waals surface area (Å²) in [5, 5.41) is 0. The van der Waals surface area contributed by atoms with Gasteiger partial charge in [-0.25, -0.2) is 0 Å². The van der Waals surface area contributed by atoms with Gasteiger partial charge in [-0.05, 0) is 23.3 Å². The van der Waals surface area contributed by atoms with Crippen LogP contribution in [-0.4, -0.2) is 6.29 Å². The van der Waals surface area contributed by atoms with Crippen molar-refractivity contribution in [2.24, 2.45) is 0 Å². The topological polar surface area (TPSA) is 17.1 Å². The minimum absolute atomic E-state index is 0.130. The van der Waals surface area contributed by atoms with Gasteiger partial charge in [-0.15, -0.1) is 0 Å². The van der Waals surface area contributed by atoms with E-state index in [2.05, 4.69) is 6.58 Å². The van der Waals surface area contributed by atoms with Crippen LogP contribution in [0.2, 0.25) is 0 Å². The molecule has 0 heterocycles. The fraction of sp³-hybridized carbons (Fsp3) is 0.182. The Morgan fingerprint density at radius 1 is 1.27 bits per heavy atom. The summed E-state index contributed by atoms with van der Waals surface area (Å²) in [5.41, 5.74) is 0.360. The summed E-state index contributed by atoms with van der Waals surface area (Å²) in [4.78, 5) is 10.2. The van der Waals surface area contributed by atoms with Crippen molar-refractivity contribution in [3.8, 4) is 0 Å². The molecule has 0 atom stereocenters. The minimum Gasteiger partial charge on any atom is -0.303 e. The summed E-state index contributed by atoms with van der Waals surface area (Å²) in [5.74, 6) is 0.